The number of hydrazine groups is 1. The first-order valence-corrected chi connectivity index (χ1v) is 10.7. The van der Waals surface area contributed by atoms with Gasteiger partial charge in [0.2, 0.25) is 11.8 Å². The second-order valence-corrected chi connectivity index (χ2v) is 8.73. The van der Waals surface area contributed by atoms with Crippen LogP contribution in [0.25, 0.3) is 0 Å². The molecule has 3 unspecified atom stereocenters. The molecule has 1 aromatic carbocycles. The number of amides is 2. The van der Waals surface area contributed by atoms with Gasteiger partial charge in [0.25, 0.3) is 0 Å². The maximum Gasteiger partial charge on any atom is 0.241 e. The van der Waals surface area contributed by atoms with Crippen molar-refractivity contribution in [1.82, 2.24) is 15.8 Å². The summed E-state index contributed by atoms with van der Waals surface area (Å²) in [7, 11) is 0. The number of carbonyl (C=O) groups is 2. The van der Waals surface area contributed by atoms with Gasteiger partial charge in [0.15, 0.2) is 0 Å². The number of fused-ring (bicyclic) bond motifs is 1. The Morgan fingerprint density at radius 2 is 1.79 bits per heavy atom. The lowest BCUT2D eigenvalue weighted by molar-refractivity contribution is -0.137. The molecule has 0 bridgehead atoms. The number of piperidine rings is 1. The summed E-state index contributed by atoms with van der Waals surface area (Å²) in [4.78, 5) is 27.7. The molecule has 1 aromatic rings. The number of anilines is 1. The zero-order valence-electron chi connectivity index (χ0n) is 17.0. The van der Waals surface area contributed by atoms with Gasteiger partial charge in [-0.1, -0.05) is 30.5 Å². The van der Waals surface area contributed by atoms with E-state index >= 15 is 0 Å². The maximum atomic E-state index is 13.0. The molecular formula is C22H32N4O2. The predicted molar refractivity (Wildman–Crippen MR) is 110 cm³/mol. The molecule has 2 amide bonds. The van der Waals surface area contributed by atoms with E-state index in [1.807, 2.05) is 24.0 Å². The van der Waals surface area contributed by atoms with Gasteiger partial charge in [-0.3, -0.25) is 15.0 Å². The topological polar surface area (TPSA) is 73.5 Å². The van der Waals surface area contributed by atoms with Crippen LogP contribution in [0, 0.1) is 25.7 Å². The molecular weight excluding hydrogens is 352 g/mol. The van der Waals surface area contributed by atoms with E-state index < -0.39 is 0 Å². The summed E-state index contributed by atoms with van der Waals surface area (Å²) in [6.45, 7) is 5.40. The first kappa shape index (κ1) is 19.4. The molecule has 1 saturated carbocycles. The smallest absolute Gasteiger partial charge is 0.241 e. The quantitative estimate of drug-likeness (QED) is 0.749. The number of likely N-dealkylation sites (tertiary alicyclic amines) is 1. The van der Waals surface area contributed by atoms with Crippen molar-refractivity contribution in [2.24, 2.45) is 11.8 Å². The lowest BCUT2D eigenvalue weighted by atomic mass is 9.81. The van der Waals surface area contributed by atoms with Crippen molar-refractivity contribution < 1.29 is 9.59 Å². The van der Waals surface area contributed by atoms with Crippen LogP contribution in [-0.4, -0.2) is 41.9 Å². The van der Waals surface area contributed by atoms with E-state index in [2.05, 4.69) is 29.2 Å². The lowest BCUT2D eigenvalue weighted by Gasteiger charge is -2.35. The highest BCUT2D eigenvalue weighted by Gasteiger charge is 2.43. The number of rotatable bonds is 3. The molecule has 0 spiro atoms. The molecule has 0 radical (unpaired) electrons. The predicted octanol–water partition coefficient (Wildman–Crippen LogP) is 2.52. The zero-order chi connectivity index (χ0) is 19.7. The second kappa shape index (κ2) is 8.21. The van der Waals surface area contributed by atoms with E-state index in [4.69, 9.17) is 0 Å². The molecule has 2 heterocycles. The summed E-state index contributed by atoms with van der Waals surface area (Å²) in [5, 5.41) is 3.08. The van der Waals surface area contributed by atoms with Crippen LogP contribution in [0.1, 0.15) is 49.7 Å². The number of carbonyl (C=O) groups excluding carboxylic acids is 2. The molecule has 0 aromatic heterocycles. The van der Waals surface area contributed by atoms with Crippen molar-refractivity contribution in [2.75, 3.05) is 18.4 Å². The normalized spacial score (nSPS) is 28.1. The minimum atomic E-state index is -0.106. The Hall–Kier alpha value is -1.92. The van der Waals surface area contributed by atoms with E-state index in [-0.39, 0.29) is 23.8 Å². The highest BCUT2D eigenvalue weighted by molar-refractivity contribution is 5.93. The van der Waals surface area contributed by atoms with E-state index in [1.54, 1.807) is 0 Å². The zero-order valence-corrected chi connectivity index (χ0v) is 17.0. The Balaban J connectivity index is 1.30. The molecule has 2 saturated heterocycles. The van der Waals surface area contributed by atoms with E-state index in [1.165, 1.54) is 18.4 Å². The molecule has 6 nitrogen and oxygen atoms in total. The van der Waals surface area contributed by atoms with Gasteiger partial charge in [0.1, 0.15) is 6.04 Å². The van der Waals surface area contributed by atoms with Gasteiger partial charge >= 0.3 is 0 Å². The van der Waals surface area contributed by atoms with E-state index in [0.29, 0.717) is 25.0 Å². The van der Waals surface area contributed by atoms with Crippen LogP contribution in [0.3, 0.4) is 0 Å². The van der Waals surface area contributed by atoms with Crippen LogP contribution >= 0.6 is 0 Å². The summed E-state index contributed by atoms with van der Waals surface area (Å²) >= 11 is 0. The van der Waals surface area contributed by atoms with Crippen LogP contribution < -0.4 is 16.2 Å². The number of nitrogens with zero attached hydrogens (tertiary/aromatic N) is 1. The average molecular weight is 385 g/mol. The van der Waals surface area contributed by atoms with Gasteiger partial charge in [-0.15, -0.1) is 0 Å². The molecule has 3 aliphatic rings. The van der Waals surface area contributed by atoms with Crippen LogP contribution in [-0.2, 0) is 9.59 Å². The first-order chi connectivity index (χ1) is 13.5. The molecule has 3 fully saturated rings. The van der Waals surface area contributed by atoms with Crippen molar-refractivity contribution >= 4 is 17.5 Å². The highest BCUT2D eigenvalue weighted by atomic mass is 16.2. The number of hydrogen-bond acceptors (Lipinski definition) is 4. The van der Waals surface area contributed by atoms with Gasteiger partial charge in [0.05, 0.1) is 0 Å². The summed E-state index contributed by atoms with van der Waals surface area (Å²) < 4.78 is 0. The fourth-order valence-corrected chi connectivity index (χ4v) is 5.03. The summed E-state index contributed by atoms with van der Waals surface area (Å²) in [6.07, 6.45) is 6.21. The molecule has 4 rings (SSSR count). The van der Waals surface area contributed by atoms with E-state index in [0.717, 1.165) is 36.9 Å². The van der Waals surface area contributed by atoms with Crippen molar-refractivity contribution in [1.29, 1.82) is 0 Å². The number of hydrogen-bond donors (Lipinski definition) is 3. The second-order valence-electron chi connectivity index (χ2n) is 8.73. The largest absolute Gasteiger partial charge is 0.341 e. The molecule has 3 atom stereocenters. The van der Waals surface area contributed by atoms with Gasteiger partial charge < -0.3 is 10.2 Å². The first-order valence-electron chi connectivity index (χ1n) is 10.7. The van der Waals surface area contributed by atoms with Crippen molar-refractivity contribution in [3.05, 3.63) is 29.3 Å². The molecule has 152 valence electrons. The SMILES string of the molecule is Cc1ccc(NC(=O)C2CCN(C(=O)C3NNC4CCCCC43)CC2)c(C)c1. The number of nitrogens with one attached hydrogen (secondary N) is 3. The molecule has 2 aliphatic heterocycles. The minimum absolute atomic E-state index is 0.0261. The Morgan fingerprint density at radius 1 is 1.04 bits per heavy atom. The van der Waals surface area contributed by atoms with Gasteiger partial charge in [-0.25, -0.2) is 5.43 Å². The monoisotopic (exact) mass is 384 g/mol. The Bertz CT molecular complexity index is 742. The minimum Gasteiger partial charge on any atom is -0.341 e. The highest BCUT2D eigenvalue weighted by Crippen LogP contribution is 2.31. The van der Waals surface area contributed by atoms with Gasteiger partial charge in [0, 0.05) is 36.7 Å². The number of benzene rings is 1. The van der Waals surface area contributed by atoms with Crippen LogP contribution in [0.5, 0.6) is 0 Å². The van der Waals surface area contributed by atoms with Crippen molar-refractivity contribution in [2.45, 2.75) is 64.5 Å². The Labute approximate surface area is 167 Å². The molecule has 6 heteroatoms. The average Bonchev–Trinajstić information content (AvgIpc) is 3.14. The molecule has 1 aliphatic carbocycles. The van der Waals surface area contributed by atoms with Gasteiger partial charge in [-0.2, -0.15) is 0 Å². The van der Waals surface area contributed by atoms with Crippen LogP contribution in [0.2, 0.25) is 0 Å². The lowest BCUT2D eigenvalue weighted by Crippen LogP contribution is -2.51. The third-order valence-corrected chi connectivity index (χ3v) is 6.76. The summed E-state index contributed by atoms with van der Waals surface area (Å²) in [5.41, 5.74) is 9.75. The van der Waals surface area contributed by atoms with Gasteiger partial charge in [-0.05, 0) is 51.2 Å². The third-order valence-electron chi connectivity index (χ3n) is 6.76. The Morgan fingerprint density at radius 3 is 2.54 bits per heavy atom. The third kappa shape index (κ3) is 3.94. The van der Waals surface area contributed by atoms with Crippen molar-refractivity contribution in [3.8, 4) is 0 Å². The van der Waals surface area contributed by atoms with Crippen molar-refractivity contribution in [3.63, 3.8) is 0 Å². The fourth-order valence-electron chi connectivity index (χ4n) is 5.03. The fraction of sp³-hybridized carbons (Fsp3) is 0.636. The van der Waals surface area contributed by atoms with E-state index in [9.17, 15) is 9.59 Å². The molecule has 28 heavy (non-hydrogen) atoms. The summed E-state index contributed by atoms with van der Waals surface area (Å²) in [6, 6.07) is 6.40. The van der Waals surface area contributed by atoms with Crippen LogP contribution in [0.15, 0.2) is 18.2 Å². The number of aryl methyl sites for hydroxylation is 2. The maximum absolute atomic E-state index is 13.0. The van der Waals surface area contributed by atoms with Crippen LogP contribution in [0.4, 0.5) is 5.69 Å². The Kier molecular flexibility index (Phi) is 5.69. The summed E-state index contributed by atoms with van der Waals surface area (Å²) in [5.74, 6) is 0.663. The molecule has 3 N–H and O–H groups in total. The standard InChI is InChI=1S/C22H32N4O2/c1-14-7-8-18(15(2)13-14)23-21(27)16-9-11-26(12-10-16)22(28)20-17-5-3-4-6-19(17)24-25-20/h7-8,13,16-17,19-20,24-25H,3-6,9-12H2,1-2H3,(H,23,27).